The molecule has 1 fully saturated rings. The van der Waals surface area contributed by atoms with Crippen LogP contribution in [0.3, 0.4) is 0 Å². The van der Waals surface area contributed by atoms with E-state index in [9.17, 15) is 4.79 Å². The highest BCUT2D eigenvalue weighted by molar-refractivity contribution is 5.92. The van der Waals surface area contributed by atoms with Gasteiger partial charge in [0.2, 0.25) is 0 Å². The summed E-state index contributed by atoms with van der Waals surface area (Å²) in [6.07, 6.45) is 8.02. The molecule has 1 aliphatic rings. The van der Waals surface area contributed by atoms with Crippen molar-refractivity contribution in [3.05, 3.63) is 66.5 Å². The zero-order valence-electron chi connectivity index (χ0n) is 15.5. The Morgan fingerprint density at radius 3 is 2.67 bits per heavy atom. The predicted octanol–water partition coefficient (Wildman–Crippen LogP) is 1.95. The highest BCUT2D eigenvalue weighted by Crippen LogP contribution is 2.14. The van der Waals surface area contributed by atoms with Gasteiger partial charge in [-0.1, -0.05) is 12.1 Å². The van der Waals surface area contributed by atoms with E-state index in [-0.39, 0.29) is 5.91 Å². The SMILES string of the molecule is Cn1cncc1C(=O)N1CCCN(Cc2ccc(-n3cccn3)cc2)CC1. The minimum Gasteiger partial charge on any atom is -0.336 e. The summed E-state index contributed by atoms with van der Waals surface area (Å²) in [6, 6.07) is 10.4. The Balaban J connectivity index is 1.36. The minimum absolute atomic E-state index is 0.0698. The first-order valence-electron chi connectivity index (χ1n) is 9.27. The Labute approximate surface area is 158 Å². The smallest absolute Gasteiger partial charge is 0.272 e. The number of carbonyl (C=O) groups is 1. The van der Waals surface area contributed by atoms with E-state index in [0.29, 0.717) is 5.69 Å². The zero-order valence-corrected chi connectivity index (χ0v) is 15.5. The second-order valence-corrected chi connectivity index (χ2v) is 6.93. The van der Waals surface area contributed by atoms with E-state index < -0.39 is 0 Å². The maximum atomic E-state index is 12.7. The molecule has 0 N–H and O–H groups in total. The third-order valence-corrected chi connectivity index (χ3v) is 5.02. The molecule has 7 heteroatoms. The summed E-state index contributed by atoms with van der Waals surface area (Å²) in [5.41, 5.74) is 2.99. The van der Waals surface area contributed by atoms with Crippen LogP contribution in [0.25, 0.3) is 5.69 Å². The number of amides is 1. The molecular weight excluding hydrogens is 340 g/mol. The van der Waals surface area contributed by atoms with Gasteiger partial charge in [-0.3, -0.25) is 9.69 Å². The maximum Gasteiger partial charge on any atom is 0.272 e. The number of imidazole rings is 1. The van der Waals surface area contributed by atoms with Crippen LogP contribution in [0.5, 0.6) is 0 Å². The van der Waals surface area contributed by atoms with Crippen LogP contribution in [0.15, 0.2) is 55.2 Å². The fraction of sp³-hybridized carbons (Fsp3) is 0.350. The fourth-order valence-corrected chi connectivity index (χ4v) is 3.49. The van der Waals surface area contributed by atoms with Crippen molar-refractivity contribution >= 4 is 5.91 Å². The quantitative estimate of drug-likeness (QED) is 0.710. The van der Waals surface area contributed by atoms with E-state index in [1.54, 1.807) is 23.3 Å². The lowest BCUT2D eigenvalue weighted by atomic mass is 10.2. The van der Waals surface area contributed by atoms with Gasteiger partial charge in [-0.25, -0.2) is 9.67 Å². The van der Waals surface area contributed by atoms with Gasteiger partial charge in [0.1, 0.15) is 5.69 Å². The third-order valence-electron chi connectivity index (χ3n) is 5.02. The molecule has 3 heterocycles. The van der Waals surface area contributed by atoms with Gasteiger partial charge in [0.25, 0.3) is 5.91 Å². The molecule has 3 aromatic rings. The summed E-state index contributed by atoms with van der Waals surface area (Å²) in [4.78, 5) is 21.1. The van der Waals surface area contributed by atoms with E-state index in [1.165, 1.54) is 5.56 Å². The van der Waals surface area contributed by atoms with Crippen molar-refractivity contribution < 1.29 is 4.79 Å². The molecule has 1 amide bonds. The Morgan fingerprint density at radius 2 is 1.96 bits per heavy atom. The highest BCUT2D eigenvalue weighted by Gasteiger charge is 2.22. The highest BCUT2D eigenvalue weighted by atomic mass is 16.2. The van der Waals surface area contributed by atoms with E-state index in [4.69, 9.17) is 0 Å². The van der Waals surface area contributed by atoms with Crippen molar-refractivity contribution in [1.29, 1.82) is 0 Å². The summed E-state index contributed by atoms with van der Waals surface area (Å²) < 4.78 is 3.64. The van der Waals surface area contributed by atoms with Gasteiger partial charge in [0, 0.05) is 52.2 Å². The van der Waals surface area contributed by atoms with Crippen molar-refractivity contribution in [2.24, 2.45) is 7.05 Å². The summed E-state index contributed by atoms with van der Waals surface area (Å²) in [6.45, 7) is 4.31. The van der Waals surface area contributed by atoms with Crippen LogP contribution in [0, 0.1) is 0 Å². The molecule has 4 rings (SSSR count). The molecule has 7 nitrogen and oxygen atoms in total. The second kappa shape index (κ2) is 7.75. The molecule has 1 aromatic carbocycles. The Morgan fingerprint density at radius 1 is 1.11 bits per heavy atom. The first kappa shape index (κ1) is 17.5. The predicted molar refractivity (Wildman–Crippen MR) is 103 cm³/mol. The van der Waals surface area contributed by atoms with E-state index in [2.05, 4.69) is 39.2 Å². The van der Waals surface area contributed by atoms with E-state index in [0.717, 1.165) is 44.8 Å². The number of hydrogen-bond acceptors (Lipinski definition) is 4. The van der Waals surface area contributed by atoms with E-state index in [1.807, 2.05) is 28.9 Å². The van der Waals surface area contributed by atoms with Gasteiger partial charge in [-0.15, -0.1) is 0 Å². The number of aromatic nitrogens is 4. The number of benzene rings is 1. The second-order valence-electron chi connectivity index (χ2n) is 6.93. The molecule has 0 atom stereocenters. The molecule has 0 saturated carbocycles. The Hall–Kier alpha value is -2.93. The maximum absolute atomic E-state index is 12.7. The molecule has 2 aromatic heterocycles. The van der Waals surface area contributed by atoms with Crippen LogP contribution >= 0.6 is 0 Å². The summed E-state index contributed by atoms with van der Waals surface area (Å²) in [5, 5.41) is 4.26. The van der Waals surface area contributed by atoms with E-state index >= 15 is 0 Å². The number of aryl methyl sites for hydroxylation is 1. The van der Waals surface area contributed by atoms with Crippen molar-refractivity contribution in [1.82, 2.24) is 29.1 Å². The summed E-state index contributed by atoms with van der Waals surface area (Å²) in [7, 11) is 1.86. The summed E-state index contributed by atoms with van der Waals surface area (Å²) >= 11 is 0. The molecule has 1 aliphatic heterocycles. The van der Waals surface area contributed by atoms with Crippen molar-refractivity contribution in [3.63, 3.8) is 0 Å². The topological polar surface area (TPSA) is 59.2 Å². The molecule has 140 valence electrons. The minimum atomic E-state index is 0.0698. The monoisotopic (exact) mass is 364 g/mol. The van der Waals surface area contributed by atoms with Gasteiger partial charge in [-0.2, -0.15) is 5.10 Å². The van der Waals surface area contributed by atoms with Crippen molar-refractivity contribution in [3.8, 4) is 5.69 Å². The lowest BCUT2D eigenvalue weighted by Crippen LogP contribution is -2.35. The van der Waals surface area contributed by atoms with Crippen molar-refractivity contribution in [2.75, 3.05) is 26.2 Å². The van der Waals surface area contributed by atoms with Gasteiger partial charge >= 0.3 is 0 Å². The largest absolute Gasteiger partial charge is 0.336 e. The van der Waals surface area contributed by atoms with Gasteiger partial charge < -0.3 is 9.47 Å². The molecule has 27 heavy (non-hydrogen) atoms. The lowest BCUT2D eigenvalue weighted by molar-refractivity contribution is 0.0751. The Kier molecular flexibility index (Phi) is 5.02. The van der Waals surface area contributed by atoms with Crippen LogP contribution in [-0.4, -0.2) is 61.2 Å². The number of carbonyl (C=O) groups excluding carboxylic acids is 1. The average Bonchev–Trinajstić information content (AvgIpc) is 3.31. The number of nitrogens with zero attached hydrogens (tertiary/aromatic N) is 6. The van der Waals surface area contributed by atoms with Crippen molar-refractivity contribution in [2.45, 2.75) is 13.0 Å². The molecule has 0 bridgehead atoms. The van der Waals surface area contributed by atoms with Gasteiger partial charge in [0.05, 0.1) is 18.2 Å². The summed E-state index contributed by atoms with van der Waals surface area (Å²) in [5.74, 6) is 0.0698. The van der Waals surface area contributed by atoms with Gasteiger partial charge in [0.15, 0.2) is 0 Å². The van der Waals surface area contributed by atoms with Crippen LogP contribution in [0.2, 0.25) is 0 Å². The van der Waals surface area contributed by atoms with Crippen LogP contribution in [0.4, 0.5) is 0 Å². The zero-order chi connectivity index (χ0) is 18.6. The molecular formula is C20H24N6O. The first-order chi connectivity index (χ1) is 13.2. The third kappa shape index (κ3) is 3.93. The molecule has 0 spiro atoms. The molecule has 0 aliphatic carbocycles. The lowest BCUT2D eigenvalue weighted by Gasteiger charge is -2.22. The molecule has 0 radical (unpaired) electrons. The first-order valence-corrected chi connectivity index (χ1v) is 9.27. The molecule has 1 saturated heterocycles. The average molecular weight is 364 g/mol. The number of rotatable bonds is 4. The fourth-order valence-electron chi connectivity index (χ4n) is 3.49. The standard InChI is InChI=1S/C20H24N6O/c1-23-16-21-14-19(23)20(27)25-10-3-9-24(12-13-25)15-17-4-6-18(7-5-17)26-11-2-8-22-26/h2,4-8,11,14,16H,3,9-10,12-13,15H2,1H3. The van der Waals surface area contributed by atoms with Gasteiger partial charge in [-0.05, 0) is 30.2 Å². The molecule has 0 unspecified atom stereocenters. The Bertz CT molecular complexity index is 884. The van der Waals surface area contributed by atoms with Crippen LogP contribution < -0.4 is 0 Å². The van der Waals surface area contributed by atoms with Crippen LogP contribution in [0.1, 0.15) is 22.5 Å². The van der Waals surface area contributed by atoms with Crippen LogP contribution in [-0.2, 0) is 13.6 Å². The normalized spacial score (nSPS) is 15.7. The number of hydrogen-bond donors (Lipinski definition) is 0.